The lowest BCUT2D eigenvalue weighted by Crippen LogP contribution is -2.20. The molecule has 4 nitrogen and oxygen atoms in total. The summed E-state index contributed by atoms with van der Waals surface area (Å²) in [5.41, 5.74) is 5.57. The van der Waals surface area contributed by atoms with Crippen molar-refractivity contribution in [3.8, 4) is 0 Å². The van der Waals surface area contributed by atoms with Gasteiger partial charge >= 0.3 is 0 Å². The van der Waals surface area contributed by atoms with Crippen molar-refractivity contribution in [2.24, 2.45) is 12.8 Å². The van der Waals surface area contributed by atoms with Gasteiger partial charge in [-0.05, 0) is 6.92 Å². The molecule has 2 N–H and O–H groups in total. The van der Waals surface area contributed by atoms with Crippen molar-refractivity contribution < 1.29 is 0 Å². The number of nitrogens with two attached hydrogens (primary N) is 1. The fourth-order valence-electron chi connectivity index (χ4n) is 0.793. The van der Waals surface area contributed by atoms with Crippen LogP contribution >= 0.6 is 0 Å². The fraction of sp³-hybridized carbons (Fsp3) is 0.667. The third-order valence-corrected chi connectivity index (χ3v) is 1.31. The monoisotopic (exact) mass is 140 g/mol. The summed E-state index contributed by atoms with van der Waals surface area (Å²) >= 11 is 0. The molecular weight excluding hydrogens is 128 g/mol. The Kier molecular flexibility index (Phi) is 2.01. The van der Waals surface area contributed by atoms with Gasteiger partial charge in [0.25, 0.3) is 0 Å². The standard InChI is InChI=1S/C6H12N4/c1-5(7)3-6-8-4-9-10(6)2/h4-5H,3,7H2,1-2H3. The molecule has 0 aliphatic carbocycles. The lowest BCUT2D eigenvalue weighted by atomic mass is 10.2. The van der Waals surface area contributed by atoms with E-state index in [2.05, 4.69) is 10.1 Å². The molecular formula is C6H12N4. The number of hydrogen-bond donors (Lipinski definition) is 1. The molecule has 0 amide bonds. The molecule has 4 heteroatoms. The van der Waals surface area contributed by atoms with Crippen molar-refractivity contribution in [3.63, 3.8) is 0 Å². The van der Waals surface area contributed by atoms with Crippen molar-refractivity contribution in [1.82, 2.24) is 14.8 Å². The van der Waals surface area contributed by atoms with Crippen molar-refractivity contribution in [1.29, 1.82) is 0 Å². The second-order valence-corrected chi connectivity index (χ2v) is 2.48. The maximum absolute atomic E-state index is 5.57. The van der Waals surface area contributed by atoms with Gasteiger partial charge in [-0.3, -0.25) is 4.68 Å². The van der Waals surface area contributed by atoms with Gasteiger partial charge in [-0.2, -0.15) is 5.10 Å². The molecule has 56 valence electrons. The van der Waals surface area contributed by atoms with Gasteiger partial charge in [0.2, 0.25) is 0 Å². The predicted octanol–water partition coefficient (Wildman–Crippen LogP) is -0.295. The minimum atomic E-state index is 0.155. The van der Waals surface area contributed by atoms with Crippen molar-refractivity contribution in [3.05, 3.63) is 12.2 Å². The lowest BCUT2D eigenvalue weighted by molar-refractivity contribution is 0.638. The second-order valence-electron chi connectivity index (χ2n) is 2.48. The topological polar surface area (TPSA) is 56.7 Å². The molecule has 0 aliphatic heterocycles. The van der Waals surface area contributed by atoms with Crippen LogP contribution in [0.3, 0.4) is 0 Å². The molecule has 1 rings (SSSR count). The molecule has 0 fully saturated rings. The highest BCUT2D eigenvalue weighted by Gasteiger charge is 2.01. The van der Waals surface area contributed by atoms with Crippen LogP contribution < -0.4 is 5.73 Å². The van der Waals surface area contributed by atoms with Crippen LogP contribution in [0.25, 0.3) is 0 Å². The second kappa shape index (κ2) is 2.79. The minimum absolute atomic E-state index is 0.155. The molecule has 1 aromatic heterocycles. The van der Waals surface area contributed by atoms with E-state index in [1.165, 1.54) is 6.33 Å². The van der Waals surface area contributed by atoms with Crippen LogP contribution in [0.2, 0.25) is 0 Å². The average molecular weight is 140 g/mol. The molecule has 1 unspecified atom stereocenters. The first-order valence-electron chi connectivity index (χ1n) is 3.28. The smallest absolute Gasteiger partial charge is 0.138 e. The van der Waals surface area contributed by atoms with Gasteiger partial charge in [0.1, 0.15) is 12.2 Å². The average Bonchev–Trinajstić information content (AvgIpc) is 2.15. The highest BCUT2D eigenvalue weighted by molar-refractivity contribution is 4.86. The van der Waals surface area contributed by atoms with E-state index < -0.39 is 0 Å². The Hall–Kier alpha value is -0.900. The first-order chi connectivity index (χ1) is 4.70. The van der Waals surface area contributed by atoms with E-state index in [0.717, 1.165) is 12.2 Å². The van der Waals surface area contributed by atoms with Gasteiger partial charge < -0.3 is 5.73 Å². The summed E-state index contributed by atoms with van der Waals surface area (Å²) in [4.78, 5) is 4.03. The van der Waals surface area contributed by atoms with Gasteiger partial charge in [0.15, 0.2) is 0 Å². The normalized spacial score (nSPS) is 13.5. The van der Waals surface area contributed by atoms with Crippen LogP contribution in [-0.2, 0) is 13.5 Å². The van der Waals surface area contributed by atoms with E-state index in [9.17, 15) is 0 Å². The summed E-state index contributed by atoms with van der Waals surface area (Å²) in [6.07, 6.45) is 2.33. The van der Waals surface area contributed by atoms with Crippen LogP contribution in [0.15, 0.2) is 6.33 Å². The molecule has 0 bridgehead atoms. The van der Waals surface area contributed by atoms with Gasteiger partial charge in [-0.1, -0.05) is 0 Å². The summed E-state index contributed by atoms with van der Waals surface area (Å²) in [6.45, 7) is 1.95. The molecule has 0 aliphatic rings. The molecule has 1 heterocycles. The van der Waals surface area contributed by atoms with Crippen LogP contribution in [-0.4, -0.2) is 20.8 Å². The number of rotatable bonds is 2. The van der Waals surface area contributed by atoms with Crippen LogP contribution in [0.4, 0.5) is 0 Å². The Morgan fingerprint density at radius 3 is 2.90 bits per heavy atom. The maximum atomic E-state index is 5.57. The summed E-state index contributed by atoms with van der Waals surface area (Å²) in [6, 6.07) is 0.155. The number of aryl methyl sites for hydroxylation is 1. The van der Waals surface area contributed by atoms with E-state index in [4.69, 9.17) is 5.73 Å². The van der Waals surface area contributed by atoms with Crippen LogP contribution in [0, 0.1) is 0 Å². The third kappa shape index (κ3) is 1.54. The predicted molar refractivity (Wildman–Crippen MR) is 38.4 cm³/mol. The Balaban J connectivity index is 2.65. The van der Waals surface area contributed by atoms with E-state index in [1.54, 1.807) is 4.68 Å². The summed E-state index contributed by atoms with van der Waals surface area (Å²) in [5.74, 6) is 0.940. The molecule has 0 saturated carbocycles. The highest BCUT2D eigenvalue weighted by atomic mass is 15.3. The zero-order valence-electron chi connectivity index (χ0n) is 6.28. The zero-order valence-corrected chi connectivity index (χ0v) is 6.28. The van der Waals surface area contributed by atoms with E-state index >= 15 is 0 Å². The van der Waals surface area contributed by atoms with Gasteiger partial charge in [0.05, 0.1) is 0 Å². The van der Waals surface area contributed by atoms with Crippen molar-refractivity contribution in [2.75, 3.05) is 0 Å². The highest BCUT2D eigenvalue weighted by Crippen LogP contribution is 1.93. The van der Waals surface area contributed by atoms with Gasteiger partial charge in [-0.15, -0.1) is 0 Å². The van der Waals surface area contributed by atoms with Gasteiger partial charge in [0, 0.05) is 19.5 Å². The Bertz CT molecular complexity index is 203. The summed E-state index contributed by atoms with van der Waals surface area (Å²) in [5, 5.41) is 3.92. The first-order valence-corrected chi connectivity index (χ1v) is 3.28. The molecule has 10 heavy (non-hydrogen) atoms. The quantitative estimate of drug-likeness (QED) is 0.614. The summed E-state index contributed by atoms with van der Waals surface area (Å²) in [7, 11) is 1.87. The van der Waals surface area contributed by atoms with Crippen LogP contribution in [0.5, 0.6) is 0 Å². The summed E-state index contributed by atoms with van der Waals surface area (Å²) < 4.78 is 1.74. The number of hydrogen-bond acceptors (Lipinski definition) is 3. The Morgan fingerprint density at radius 2 is 2.50 bits per heavy atom. The van der Waals surface area contributed by atoms with Gasteiger partial charge in [-0.25, -0.2) is 4.98 Å². The van der Waals surface area contributed by atoms with E-state index in [1.807, 2.05) is 14.0 Å². The SMILES string of the molecule is CC(N)Cc1ncnn1C. The zero-order chi connectivity index (χ0) is 7.56. The Morgan fingerprint density at radius 1 is 1.80 bits per heavy atom. The number of nitrogens with zero attached hydrogens (tertiary/aromatic N) is 3. The largest absolute Gasteiger partial charge is 0.328 e. The van der Waals surface area contributed by atoms with E-state index in [-0.39, 0.29) is 6.04 Å². The maximum Gasteiger partial charge on any atom is 0.138 e. The molecule has 0 radical (unpaired) electrons. The number of aromatic nitrogens is 3. The lowest BCUT2D eigenvalue weighted by Gasteiger charge is -2.02. The van der Waals surface area contributed by atoms with Crippen LogP contribution in [0.1, 0.15) is 12.7 Å². The molecule has 0 aromatic carbocycles. The third-order valence-electron chi connectivity index (χ3n) is 1.31. The molecule has 1 aromatic rings. The van der Waals surface area contributed by atoms with Crippen molar-refractivity contribution >= 4 is 0 Å². The first kappa shape index (κ1) is 7.21. The minimum Gasteiger partial charge on any atom is -0.328 e. The fourth-order valence-corrected chi connectivity index (χ4v) is 0.793. The molecule has 0 saturated heterocycles. The Labute approximate surface area is 60.1 Å². The molecule has 1 atom stereocenters. The van der Waals surface area contributed by atoms with Crippen molar-refractivity contribution in [2.45, 2.75) is 19.4 Å². The molecule has 0 spiro atoms. The van der Waals surface area contributed by atoms with E-state index in [0.29, 0.717) is 0 Å².